The van der Waals surface area contributed by atoms with E-state index in [1.807, 2.05) is 6.07 Å². The van der Waals surface area contributed by atoms with Crippen molar-refractivity contribution < 1.29 is 19.8 Å². The SMILES string of the molecule is CC(O)(CNC(=O)C=Cc1cccc(C#N)c1)CC(=O)O. The number of nitriles is 1. The van der Waals surface area contributed by atoms with Gasteiger partial charge in [0.1, 0.15) is 0 Å². The fourth-order valence-electron chi connectivity index (χ4n) is 1.61. The third-order valence-electron chi connectivity index (χ3n) is 2.62. The van der Waals surface area contributed by atoms with Crippen LogP contribution < -0.4 is 5.32 Å². The van der Waals surface area contributed by atoms with Gasteiger partial charge in [0, 0.05) is 12.6 Å². The van der Waals surface area contributed by atoms with Gasteiger partial charge in [-0.05, 0) is 30.7 Å². The van der Waals surface area contributed by atoms with Crippen LogP contribution in [-0.2, 0) is 9.59 Å². The molecule has 21 heavy (non-hydrogen) atoms. The molecule has 6 heteroatoms. The molecule has 0 saturated carbocycles. The second-order valence-corrected chi connectivity index (χ2v) is 4.86. The number of benzene rings is 1. The Morgan fingerprint density at radius 2 is 2.19 bits per heavy atom. The van der Waals surface area contributed by atoms with E-state index >= 15 is 0 Å². The van der Waals surface area contributed by atoms with Crippen molar-refractivity contribution in [2.75, 3.05) is 6.54 Å². The van der Waals surface area contributed by atoms with E-state index in [1.165, 1.54) is 19.1 Å². The Balaban J connectivity index is 2.55. The molecule has 1 atom stereocenters. The van der Waals surface area contributed by atoms with Crippen molar-refractivity contribution >= 4 is 18.0 Å². The van der Waals surface area contributed by atoms with Crippen LogP contribution in [0.2, 0.25) is 0 Å². The first-order valence-corrected chi connectivity index (χ1v) is 6.23. The molecule has 0 aromatic heterocycles. The number of amides is 1. The molecule has 1 unspecified atom stereocenters. The second kappa shape index (κ2) is 7.22. The lowest BCUT2D eigenvalue weighted by Crippen LogP contribution is -2.41. The highest BCUT2D eigenvalue weighted by atomic mass is 16.4. The molecule has 3 N–H and O–H groups in total. The Morgan fingerprint density at radius 1 is 1.48 bits per heavy atom. The lowest BCUT2D eigenvalue weighted by molar-refractivity contribution is -0.142. The first-order valence-electron chi connectivity index (χ1n) is 6.23. The molecule has 1 aromatic carbocycles. The van der Waals surface area contributed by atoms with Crippen LogP contribution in [-0.4, -0.2) is 34.2 Å². The van der Waals surface area contributed by atoms with Gasteiger partial charge in [0.15, 0.2) is 0 Å². The summed E-state index contributed by atoms with van der Waals surface area (Å²) in [7, 11) is 0. The van der Waals surface area contributed by atoms with Gasteiger partial charge in [-0.15, -0.1) is 0 Å². The molecule has 1 aromatic rings. The quantitative estimate of drug-likeness (QED) is 0.674. The van der Waals surface area contributed by atoms with Crippen LogP contribution >= 0.6 is 0 Å². The summed E-state index contributed by atoms with van der Waals surface area (Å²) in [6.45, 7) is 1.17. The van der Waals surface area contributed by atoms with Crippen LogP contribution in [0.25, 0.3) is 6.08 Å². The molecule has 110 valence electrons. The zero-order valence-corrected chi connectivity index (χ0v) is 11.5. The Hall–Kier alpha value is -2.65. The molecular weight excluding hydrogens is 272 g/mol. The molecule has 0 fully saturated rings. The molecule has 0 aliphatic carbocycles. The third-order valence-corrected chi connectivity index (χ3v) is 2.62. The number of hydrogen-bond acceptors (Lipinski definition) is 4. The van der Waals surface area contributed by atoms with Gasteiger partial charge >= 0.3 is 5.97 Å². The van der Waals surface area contributed by atoms with Crippen LogP contribution in [0.1, 0.15) is 24.5 Å². The summed E-state index contributed by atoms with van der Waals surface area (Å²) in [6.07, 6.45) is 2.33. The van der Waals surface area contributed by atoms with E-state index < -0.39 is 23.9 Å². The van der Waals surface area contributed by atoms with Crippen molar-refractivity contribution in [3.8, 4) is 6.07 Å². The van der Waals surface area contributed by atoms with E-state index in [4.69, 9.17) is 10.4 Å². The zero-order chi connectivity index (χ0) is 15.9. The van der Waals surface area contributed by atoms with Crippen molar-refractivity contribution in [3.05, 3.63) is 41.5 Å². The zero-order valence-electron chi connectivity index (χ0n) is 11.5. The van der Waals surface area contributed by atoms with E-state index in [0.29, 0.717) is 11.1 Å². The van der Waals surface area contributed by atoms with E-state index in [0.717, 1.165) is 0 Å². The van der Waals surface area contributed by atoms with Gasteiger partial charge in [-0.1, -0.05) is 12.1 Å². The summed E-state index contributed by atoms with van der Waals surface area (Å²) in [5, 5.41) is 29.5. The van der Waals surface area contributed by atoms with Gasteiger partial charge in [0.25, 0.3) is 0 Å². The summed E-state index contributed by atoms with van der Waals surface area (Å²) in [5.74, 6) is -1.60. The van der Waals surface area contributed by atoms with E-state index in [2.05, 4.69) is 5.32 Å². The number of rotatable bonds is 6. The molecule has 0 bridgehead atoms. The molecule has 0 aliphatic heterocycles. The van der Waals surface area contributed by atoms with Crippen LogP contribution in [0.15, 0.2) is 30.3 Å². The Morgan fingerprint density at radius 3 is 2.81 bits per heavy atom. The van der Waals surface area contributed by atoms with Crippen LogP contribution in [0.3, 0.4) is 0 Å². The first-order chi connectivity index (χ1) is 9.82. The Kier molecular flexibility index (Phi) is 5.64. The number of carbonyl (C=O) groups excluding carboxylic acids is 1. The predicted octanol–water partition coefficient (Wildman–Crippen LogP) is 0.913. The average molecular weight is 288 g/mol. The lowest BCUT2D eigenvalue weighted by atomic mass is 10.0. The summed E-state index contributed by atoms with van der Waals surface area (Å²) >= 11 is 0. The fraction of sp³-hybridized carbons (Fsp3) is 0.267. The van der Waals surface area contributed by atoms with Gasteiger partial charge in [0.05, 0.1) is 23.7 Å². The number of carbonyl (C=O) groups is 2. The molecule has 0 heterocycles. The Bertz CT molecular complexity index is 600. The van der Waals surface area contributed by atoms with Crippen LogP contribution in [0.5, 0.6) is 0 Å². The minimum absolute atomic E-state index is 0.166. The van der Waals surface area contributed by atoms with Crippen LogP contribution in [0, 0.1) is 11.3 Å². The topological polar surface area (TPSA) is 110 Å². The third kappa shape index (κ3) is 6.36. The number of aliphatic hydroxyl groups is 1. The molecule has 6 nitrogen and oxygen atoms in total. The number of carboxylic acids is 1. The van der Waals surface area contributed by atoms with Crippen molar-refractivity contribution in [3.63, 3.8) is 0 Å². The monoisotopic (exact) mass is 288 g/mol. The van der Waals surface area contributed by atoms with E-state index in [1.54, 1.807) is 24.3 Å². The largest absolute Gasteiger partial charge is 0.481 e. The number of aliphatic carboxylic acids is 1. The maximum atomic E-state index is 11.6. The number of hydrogen-bond donors (Lipinski definition) is 3. The lowest BCUT2D eigenvalue weighted by Gasteiger charge is -2.20. The average Bonchev–Trinajstić information content (AvgIpc) is 2.42. The Labute approximate surface area is 122 Å². The molecule has 0 spiro atoms. The highest BCUT2D eigenvalue weighted by molar-refractivity contribution is 5.91. The van der Waals surface area contributed by atoms with Crippen molar-refractivity contribution in [2.24, 2.45) is 0 Å². The highest BCUT2D eigenvalue weighted by Crippen LogP contribution is 2.08. The second-order valence-electron chi connectivity index (χ2n) is 4.86. The summed E-state index contributed by atoms with van der Waals surface area (Å²) in [6, 6.07) is 8.72. The van der Waals surface area contributed by atoms with Gasteiger partial charge in [0.2, 0.25) is 5.91 Å². The maximum absolute atomic E-state index is 11.6. The fourth-order valence-corrected chi connectivity index (χ4v) is 1.61. The summed E-state index contributed by atoms with van der Waals surface area (Å²) in [4.78, 5) is 22.1. The van der Waals surface area contributed by atoms with Gasteiger partial charge in [-0.25, -0.2) is 0 Å². The molecule has 0 saturated heterocycles. The highest BCUT2D eigenvalue weighted by Gasteiger charge is 2.24. The van der Waals surface area contributed by atoms with E-state index in [-0.39, 0.29) is 6.54 Å². The number of nitrogens with one attached hydrogen (secondary N) is 1. The molecular formula is C15H16N2O4. The molecule has 1 amide bonds. The summed E-state index contributed by atoms with van der Waals surface area (Å²) < 4.78 is 0. The molecule has 1 rings (SSSR count). The molecule has 0 aliphatic rings. The normalized spacial score (nSPS) is 13.4. The number of carboxylic acid groups (broad SMARTS) is 1. The summed E-state index contributed by atoms with van der Waals surface area (Å²) in [5.41, 5.74) is -0.320. The number of nitrogens with zero attached hydrogens (tertiary/aromatic N) is 1. The van der Waals surface area contributed by atoms with Crippen molar-refractivity contribution in [1.29, 1.82) is 5.26 Å². The first kappa shape index (κ1) is 16.4. The predicted molar refractivity (Wildman–Crippen MR) is 76.1 cm³/mol. The van der Waals surface area contributed by atoms with Crippen LogP contribution in [0.4, 0.5) is 0 Å². The van der Waals surface area contributed by atoms with Crippen molar-refractivity contribution in [1.82, 2.24) is 5.32 Å². The molecule has 0 radical (unpaired) electrons. The minimum Gasteiger partial charge on any atom is -0.481 e. The van der Waals surface area contributed by atoms with Crippen molar-refractivity contribution in [2.45, 2.75) is 18.9 Å². The minimum atomic E-state index is -1.50. The standard InChI is InChI=1S/C15H16N2O4/c1-15(21,8-14(19)20)10-17-13(18)6-5-11-3-2-4-12(7-11)9-16/h2-7,21H,8,10H2,1H3,(H,17,18)(H,19,20). The van der Waals surface area contributed by atoms with Gasteiger partial charge < -0.3 is 15.5 Å². The van der Waals surface area contributed by atoms with Gasteiger partial charge in [-0.3, -0.25) is 9.59 Å². The maximum Gasteiger partial charge on any atom is 0.306 e. The smallest absolute Gasteiger partial charge is 0.306 e. The van der Waals surface area contributed by atoms with Gasteiger partial charge in [-0.2, -0.15) is 5.26 Å². The van der Waals surface area contributed by atoms with E-state index in [9.17, 15) is 14.7 Å².